The summed E-state index contributed by atoms with van der Waals surface area (Å²) in [5.74, 6) is -3.50. The molecular weight excluding hydrogens is 526 g/mol. The Labute approximate surface area is 235 Å². The second-order valence-electron chi connectivity index (χ2n) is 10.7. The first-order chi connectivity index (χ1) is 18.9. The van der Waals surface area contributed by atoms with Gasteiger partial charge in [-0.1, -0.05) is 6.92 Å². The van der Waals surface area contributed by atoms with Crippen molar-refractivity contribution >= 4 is 35.8 Å². The number of hydrogen-bond acceptors (Lipinski definition) is 9. The number of amides is 2. The molecule has 0 aromatic rings. The highest BCUT2D eigenvalue weighted by atomic mass is 16.5. The van der Waals surface area contributed by atoms with Crippen molar-refractivity contribution in [2.45, 2.75) is 89.8 Å². The molecular formula is C27H45N3O10. The average molecular weight is 572 g/mol. The van der Waals surface area contributed by atoms with E-state index in [1.165, 1.54) is 0 Å². The lowest BCUT2D eigenvalue weighted by atomic mass is 9.82. The molecule has 13 heteroatoms. The van der Waals surface area contributed by atoms with Gasteiger partial charge in [0, 0.05) is 25.3 Å². The molecule has 2 atom stereocenters. The monoisotopic (exact) mass is 571 g/mol. The second kappa shape index (κ2) is 18.4. The van der Waals surface area contributed by atoms with Gasteiger partial charge in [-0.25, -0.2) is 4.79 Å². The zero-order chi connectivity index (χ0) is 30.1. The van der Waals surface area contributed by atoms with Gasteiger partial charge in [0.2, 0.25) is 11.8 Å². The summed E-state index contributed by atoms with van der Waals surface area (Å²) in [6.07, 6.45) is 2.88. The molecule has 228 valence electrons. The largest absolute Gasteiger partial charge is 0.481 e. The predicted octanol–water partition coefficient (Wildman–Crippen LogP) is 0.681. The number of ether oxygens (including phenoxy) is 2. The smallest absolute Gasteiger partial charge is 0.326 e. The first-order valence-electron chi connectivity index (χ1n) is 13.8. The van der Waals surface area contributed by atoms with Crippen LogP contribution in [0.4, 0.5) is 0 Å². The number of aldehydes is 1. The van der Waals surface area contributed by atoms with Gasteiger partial charge in [-0.3, -0.25) is 19.2 Å². The fraction of sp³-hybridized carbons (Fsp3) is 0.778. The van der Waals surface area contributed by atoms with Crippen LogP contribution in [0.3, 0.4) is 0 Å². The molecule has 1 aliphatic carbocycles. The number of ketones is 1. The molecule has 0 aromatic carbocycles. The number of carboxylic acids is 2. The fourth-order valence-corrected chi connectivity index (χ4v) is 4.46. The highest BCUT2D eigenvalue weighted by Crippen LogP contribution is 2.28. The van der Waals surface area contributed by atoms with Crippen molar-refractivity contribution in [2.24, 2.45) is 11.8 Å². The lowest BCUT2D eigenvalue weighted by Gasteiger charge is -2.30. The molecule has 40 heavy (non-hydrogen) atoms. The number of aliphatic carboxylic acids is 2. The number of hydrogen-bond donors (Lipinski definition) is 5. The summed E-state index contributed by atoms with van der Waals surface area (Å²) in [6, 6.07) is -2.38. The molecule has 1 fully saturated rings. The molecule has 0 radical (unpaired) electrons. The van der Waals surface area contributed by atoms with Crippen molar-refractivity contribution in [1.82, 2.24) is 16.0 Å². The van der Waals surface area contributed by atoms with E-state index in [-0.39, 0.29) is 70.5 Å². The van der Waals surface area contributed by atoms with E-state index in [1.807, 2.05) is 0 Å². The highest BCUT2D eigenvalue weighted by Gasteiger charge is 2.35. The molecule has 13 nitrogen and oxygen atoms in total. The van der Waals surface area contributed by atoms with Crippen molar-refractivity contribution in [1.29, 1.82) is 0 Å². The minimum Gasteiger partial charge on any atom is -0.481 e. The summed E-state index contributed by atoms with van der Waals surface area (Å²) >= 11 is 0. The number of nitrogens with one attached hydrogen (secondary N) is 3. The van der Waals surface area contributed by atoms with E-state index in [2.05, 4.69) is 22.9 Å². The standard InChI is InChI=1S/C27H45N3O10/c1-18-4-6-19(7-5-18)25(36)30-21(26(37)38)8-10-22(32)29-20(9-11-23(33)34)24(35)27(2,3)28-12-14-39-16-17-40-15-13-31/h13,18-21,28H,4-12,14-17H2,1-3H3,(H,29,32)(H,30,36)(H,33,34)(H,37,38). The van der Waals surface area contributed by atoms with Crippen LogP contribution in [0.1, 0.15) is 72.1 Å². The first-order valence-corrected chi connectivity index (χ1v) is 13.8. The second-order valence-corrected chi connectivity index (χ2v) is 10.7. The van der Waals surface area contributed by atoms with Gasteiger partial charge >= 0.3 is 11.9 Å². The van der Waals surface area contributed by atoms with Crippen LogP contribution in [0.25, 0.3) is 0 Å². The molecule has 1 aliphatic rings. The Balaban J connectivity index is 2.64. The quantitative estimate of drug-likeness (QED) is 0.0959. The predicted molar refractivity (Wildman–Crippen MR) is 144 cm³/mol. The zero-order valence-electron chi connectivity index (χ0n) is 23.7. The Hall–Kier alpha value is -2.90. The zero-order valence-corrected chi connectivity index (χ0v) is 23.7. The topological polar surface area (TPSA) is 197 Å². The number of rotatable bonds is 21. The normalized spacial score (nSPS) is 18.8. The van der Waals surface area contributed by atoms with Gasteiger partial charge < -0.3 is 40.4 Å². The van der Waals surface area contributed by atoms with Crippen molar-refractivity contribution in [3.05, 3.63) is 0 Å². The van der Waals surface area contributed by atoms with E-state index < -0.39 is 41.3 Å². The highest BCUT2D eigenvalue weighted by molar-refractivity contribution is 5.95. The molecule has 2 amide bonds. The maximum Gasteiger partial charge on any atom is 0.326 e. The summed E-state index contributed by atoms with van der Waals surface area (Å²) in [7, 11) is 0. The molecule has 2 unspecified atom stereocenters. The minimum absolute atomic E-state index is 0.0158. The summed E-state index contributed by atoms with van der Waals surface area (Å²) in [5.41, 5.74) is -1.14. The van der Waals surface area contributed by atoms with Gasteiger partial charge in [-0.2, -0.15) is 0 Å². The van der Waals surface area contributed by atoms with Crippen molar-refractivity contribution in [3.8, 4) is 0 Å². The molecule has 0 heterocycles. The van der Waals surface area contributed by atoms with Gasteiger partial charge in [-0.15, -0.1) is 0 Å². The van der Waals surface area contributed by atoms with Crippen molar-refractivity contribution in [3.63, 3.8) is 0 Å². The molecule has 0 saturated heterocycles. The molecule has 1 saturated carbocycles. The van der Waals surface area contributed by atoms with E-state index in [9.17, 15) is 33.9 Å². The van der Waals surface area contributed by atoms with Crippen LogP contribution in [-0.4, -0.2) is 96.6 Å². The van der Waals surface area contributed by atoms with E-state index in [0.717, 1.165) is 12.8 Å². The maximum absolute atomic E-state index is 13.2. The third-order valence-electron chi connectivity index (χ3n) is 6.95. The number of carbonyl (C=O) groups is 6. The van der Waals surface area contributed by atoms with Gasteiger partial charge in [0.15, 0.2) is 5.78 Å². The van der Waals surface area contributed by atoms with Crippen LogP contribution < -0.4 is 16.0 Å². The number of carbonyl (C=O) groups excluding carboxylic acids is 4. The lowest BCUT2D eigenvalue weighted by Crippen LogP contribution is -2.56. The SMILES string of the molecule is CC1CCC(C(=O)NC(CCC(=O)NC(CCC(=O)O)C(=O)C(C)(C)NCCOCCOCC=O)C(=O)O)CC1. The van der Waals surface area contributed by atoms with E-state index in [0.29, 0.717) is 25.0 Å². The fourth-order valence-electron chi connectivity index (χ4n) is 4.46. The van der Waals surface area contributed by atoms with Crippen LogP contribution in [0.15, 0.2) is 0 Å². The lowest BCUT2D eigenvalue weighted by molar-refractivity contribution is -0.143. The van der Waals surface area contributed by atoms with E-state index >= 15 is 0 Å². The Bertz CT molecular complexity index is 855. The minimum atomic E-state index is -1.26. The molecule has 5 N–H and O–H groups in total. The summed E-state index contributed by atoms with van der Waals surface area (Å²) in [4.78, 5) is 71.6. The molecule has 0 bridgehead atoms. The number of carboxylic acid groups (broad SMARTS) is 2. The summed E-state index contributed by atoms with van der Waals surface area (Å²) < 4.78 is 10.3. The van der Waals surface area contributed by atoms with E-state index in [4.69, 9.17) is 14.6 Å². The maximum atomic E-state index is 13.2. The van der Waals surface area contributed by atoms with Crippen LogP contribution in [0.5, 0.6) is 0 Å². The molecule has 0 aromatic heterocycles. The Morgan fingerprint density at radius 1 is 0.900 bits per heavy atom. The summed E-state index contributed by atoms with van der Waals surface area (Å²) in [5, 5.41) is 26.8. The number of Topliss-reactive ketones (excluding diaryl/α,β-unsaturated/α-hetero) is 1. The third kappa shape index (κ3) is 13.9. The van der Waals surface area contributed by atoms with Crippen LogP contribution in [0, 0.1) is 11.8 Å². The van der Waals surface area contributed by atoms with Crippen LogP contribution in [-0.2, 0) is 38.2 Å². The van der Waals surface area contributed by atoms with Gasteiger partial charge in [0.25, 0.3) is 0 Å². The van der Waals surface area contributed by atoms with Gasteiger partial charge in [-0.05, 0) is 58.3 Å². The van der Waals surface area contributed by atoms with Crippen molar-refractivity contribution in [2.75, 3.05) is 33.0 Å². The Morgan fingerprint density at radius 2 is 1.52 bits per heavy atom. The molecule has 0 aliphatic heterocycles. The summed E-state index contributed by atoms with van der Waals surface area (Å²) in [6.45, 7) is 6.34. The van der Waals surface area contributed by atoms with Crippen LogP contribution >= 0.6 is 0 Å². The van der Waals surface area contributed by atoms with E-state index in [1.54, 1.807) is 13.8 Å². The molecule has 0 spiro atoms. The third-order valence-corrected chi connectivity index (χ3v) is 6.95. The van der Waals surface area contributed by atoms with Crippen molar-refractivity contribution < 1.29 is 48.5 Å². The Kier molecular flexibility index (Phi) is 16.2. The molecule has 1 rings (SSSR count). The van der Waals surface area contributed by atoms with Gasteiger partial charge in [0.1, 0.15) is 18.9 Å². The van der Waals surface area contributed by atoms with Crippen LogP contribution in [0.2, 0.25) is 0 Å². The Morgan fingerprint density at radius 3 is 2.12 bits per heavy atom. The van der Waals surface area contributed by atoms with Gasteiger partial charge in [0.05, 0.1) is 31.4 Å². The first kappa shape index (κ1) is 35.1. The average Bonchev–Trinajstić information content (AvgIpc) is 2.89.